The Morgan fingerprint density at radius 3 is 2.34 bits per heavy atom. The van der Waals surface area contributed by atoms with Crippen LogP contribution in [0.2, 0.25) is 5.02 Å². The first-order valence-electron chi connectivity index (χ1n) is 11.1. The van der Waals surface area contributed by atoms with Crippen LogP contribution in [0, 0.1) is 6.92 Å². The van der Waals surface area contributed by atoms with Crippen molar-refractivity contribution in [1.82, 2.24) is 10.2 Å². The van der Waals surface area contributed by atoms with Gasteiger partial charge in [-0.1, -0.05) is 42.8 Å². The number of carbonyl (C=O) groups is 2. The van der Waals surface area contributed by atoms with Crippen molar-refractivity contribution in [3.8, 4) is 0 Å². The number of rotatable bonds is 10. The molecule has 2 aromatic rings. The van der Waals surface area contributed by atoms with Crippen LogP contribution < -0.4 is 5.32 Å². The molecule has 0 aliphatic carbocycles. The molecule has 1 N–H and O–H groups in total. The maximum atomic E-state index is 13.3. The van der Waals surface area contributed by atoms with Gasteiger partial charge in [-0.05, 0) is 81.7 Å². The molecule has 0 unspecified atom stereocenters. The van der Waals surface area contributed by atoms with Crippen molar-refractivity contribution in [2.75, 3.05) is 5.75 Å². The molecule has 0 aromatic heterocycles. The number of amides is 2. The van der Waals surface area contributed by atoms with Crippen LogP contribution in [0.15, 0.2) is 53.4 Å². The zero-order valence-corrected chi connectivity index (χ0v) is 21.4. The van der Waals surface area contributed by atoms with Crippen molar-refractivity contribution in [3.05, 3.63) is 64.7 Å². The molecule has 4 nitrogen and oxygen atoms in total. The monoisotopic (exact) mass is 474 g/mol. The highest BCUT2D eigenvalue weighted by molar-refractivity contribution is 7.99. The second kappa shape index (κ2) is 12.3. The molecule has 0 bridgehead atoms. The predicted octanol–water partition coefficient (Wildman–Crippen LogP) is 6.24. The van der Waals surface area contributed by atoms with Crippen molar-refractivity contribution < 1.29 is 9.59 Å². The van der Waals surface area contributed by atoms with E-state index in [1.54, 1.807) is 16.7 Å². The van der Waals surface area contributed by atoms with E-state index in [9.17, 15) is 9.59 Å². The van der Waals surface area contributed by atoms with Gasteiger partial charge in [0, 0.05) is 28.4 Å². The molecule has 0 saturated heterocycles. The Bertz CT molecular complexity index is 893. The third-order valence-corrected chi connectivity index (χ3v) is 6.45. The number of halogens is 1. The van der Waals surface area contributed by atoms with Gasteiger partial charge in [-0.25, -0.2) is 0 Å². The minimum atomic E-state index is -0.495. The van der Waals surface area contributed by atoms with E-state index in [0.717, 1.165) is 33.2 Å². The molecule has 1 atom stereocenters. The lowest BCUT2D eigenvalue weighted by Gasteiger charge is -2.33. The van der Waals surface area contributed by atoms with E-state index in [-0.39, 0.29) is 17.4 Å². The van der Waals surface area contributed by atoms with Gasteiger partial charge < -0.3 is 10.2 Å². The number of nitrogens with one attached hydrogen (secondary N) is 1. The number of hydrogen-bond acceptors (Lipinski definition) is 3. The Kier molecular flexibility index (Phi) is 10.1. The van der Waals surface area contributed by atoms with Gasteiger partial charge in [-0.3, -0.25) is 9.59 Å². The van der Waals surface area contributed by atoms with Crippen molar-refractivity contribution in [3.63, 3.8) is 0 Å². The van der Waals surface area contributed by atoms with Gasteiger partial charge in [0.05, 0.1) is 0 Å². The van der Waals surface area contributed by atoms with Crippen molar-refractivity contribution in [2.24, 2.45) is 0 Å². The van der Waals surface area contributed by atoms with Crippen LogP contribution in [-0.2, 0) is 16.1 Å². The average Bonchev–Trinajstić information content (AvgIpc) is 2.72. The van der Waals surface area contributed by atoms with E-state index in [0.29, 0.717) is 19.4 Å². The summed E-state index contributed by atoms with van der Waals surface area (Å²) < 4.78 is 0. The summed E-state index contributed by atoms with van der Waals surface area (Å²) in [4.78, 5) is 29.2. The van der Waals surface area contributed by atoms with Crippen molar-refractivity contribution >= 4 is 35.2 Å². The zero-order chi connectivity index (χ0) is 23.7. The molecule has 0 aliphatic rings. The molecule has 6 heteroatoms. The van der Waals surface area contributed by atoms with E-state index in [1.165, 1.54) is 0 Å². The van der Waals surface area contributed by atoms with Crippen LogP contribution in [0.3, 0.4) is 0 Å². The number of thioether (sulfide) groups is 1. The van der Waals surface area contributed by atoms with E-state index in [2.05, 4.69) is 5.32 Å². The van der Waals surface area contributed by atoms with E-state index in [1.807, 2.05) is 83.1 Å². The quantitative estimate of drug-likeness (QED) is 0.327. The second-order valence-corrected chi connectivity index (χ2v) is 10.6. The first-order valence-corrected chi connectivity index (χ1v) is 12.5. The van der Waals surface area contributed by atoms with Gasteiger partial charge in [0.25, 0.3) is 0 Å². The maximum absolute atomic E-state index is 13.3. The van der Waals surface area contributed by atoms with E-state index in [4.69, 9.17) is 11.6 Å². The topological polar surface area (TPSA) is 49.4 Å². The molecular weight excluding hydrogens is 440 g/mol. The highest BCUT2D eigenvalue weighted by Crippen LogP contribution is 2.22. The summed E-state index contributed by atoms with van der Waals surface area (Å²) in [6, 6.07) is 15.3. The normalized spacial score (nSPS) is 12.3. The molecular formula is C26H35ClN2O2S. The molecule has 174 valence electrons. The molecule has 0 fully saturated rings. The molecule has 0 radical (unpaired) electrons. The molecule has 0 spiro atoms. The number of benzene rings is 2. The maximum Gasteiger partial charge on any atom is 0.243 e. The first-order chi connectivity index (χ1) is 15.1. The summed E-state index contributed by atoms with van der Waals surface area (Å²) in [6.07, 6.45) is 1.72. The molecule has 32 heavy (non-hydrogen) atoms. The molecule has 2 aromatic carbocycles. The van der Waals surface area contributed by atoms with Gasteiger partial charge in [0.15, 0.2) is 0 Å². The smallest absolute Gasteiger partial charge is 0.243 e. The second-order valence-electron chi connectivity index (χ2n) is 9.02. The Hall–Kier alpha value is -1.98. The largest absolute Gasteiger partial charge is 0.350 e. The minimum absolute atomic E-state index is 0.0147. The van der Waals surface area contributed by atoms with Crippen LogP contribution >= 0.6 is 23.4 Å². The summed E-state index contributed by atoms with van der Waals surface area (Å²) in [5.74, 6) is 0.745. The number of hydrogen-bond donors (Lipinski definition) is 1. The minimum Gasteiger partial charge on any atom is -0.350 e. The Morgan fingerprint density at radius 1 is 1.09 bits per heavy atom. The average molecular weight is 475 g/mol. The molecule has 2 amide bonds. The number of aryl methyl sites for hydroxylation is 1. The number of nitrogens with zero attached hydrogens (tertiary/aromatic N) is 1. The van der Waals surface area contributed by atoms with Crippen molar-refractivity contribution in [2.45, 2.75) is 76.9 Å². The summed E-state index contributed by atoms with van der Waals surface area (Å²) >= 11 is 7.65. The van der Waals surface area contributed by atoms with Crippen molar-refractivity contribution in [1.29, 1.82) is 0 Å². The molecule has 0 heterocycles. The van der Waals surface area contributed by atoms with Gasteiger partial charge in [0.2, 0.25) is 11.8 Å². The van der Waals surface area contributed by atoms with Gasteiger partial charge in [-0.15, -0.1) is 11.8 Å². The van der Waals surface area contributed by atoms with E-state index >= 15 is 0 Å². The molecule has 2 rings (SSSR count). The first kappa shape index (κ1) is 26.3. The lowest BCUT2D eigenvalue weighted by Crippen LogP contribution is -2.53. The van der Waals surface area contributed by atoms with E-state index < -0.39 is 6.04 Å². The van der Waals surface area contributed by atoms with Gasteiger partial charge in [-0.2, -0.15) is 0 Å². The van der Waals surface area contributed by atoms with Crippen LogP contribution in [0.1, 0.15) is 58.1 Å². The van der Waals surface area contributed by atoms with Crippen LogP contribution in [0.4, 0.5) is 0 Å². The Labute approximate surface area is 202 Å². The standard InChI is InChI=1S/C26H35ClN2O2S/c1-6-23(25(31)28-26(3,4)5)29(18-20-11-8-7-10-19(20)2)24(30)12-9-17-32-22-15-13-21(27)14-16-22/h7-8,10-11,13-16,23H,6,9,12,17-18H2,1-5H3,(H,28,31)/t23-/m0/s1. The summed E-state index contributed by atoms with van der Waals surface area (Å²) in [5, 5.41) is 3.77. The lowest BCUT2D eigenvalue weighted by atomic mass is 10.0. The number of carbonyl (C=O) groups excluding carboxylic acids is 2. The summed E-state index contributed by atoms with van der Waals surface area (Å²) in [6.45, 7) is 10.3. The predicted molar refractivity (Wildman–Crippen MR) is 135 cm³/mol. The fourth-order valence-corrected chi connectivity index (χ4v) is 4.41. The van der Waals surface area contributed by atoms with Crippen LogP contribution in [0.5, 0.6) is 0 Å². The lowest BCUT2D eigenvalue weighted by molar-refractivity contribution is -0.142. The molecule has 0 aliphatic heterocycles. The SMILES string of the molecule is CC[C@@H](C(=O)NC(C)(C)C)N(Cc1ccccc1C)C(=O)CCCSc1ccc(Cl)cc1. The van der Waals surface area contributed by atoms with Gasteiger partial charge in [0.1, 0.15) is 6.04 Å². The Morgan fingerprint density at radius 2 is 1.75 bits per heavy atom. The third kappa shape index (κ3) is 8.51. The molecule has 0 saturated carbocycles. The fraction of sp³-hybridized carbons (Fsp3) is 0.462. The van der Waals surface area contributed by atoms with Crippen LogP contribution in [0.25, 0.3) is 0 Å². The van der Waals surface area contributed by atoms with Gasteiger partial charge >= 0.3 is 0 Å². The zero-order valence-electron chi connectivity index (χ0n) is 19.8. The fourth-order valence-electron chi connectivity index (χ4n) is 3.43. The highest BCUT2D eigenvalue weighted by atomic mass is 35.5. The summed E-state index contributed by atoms with van der Waals surface area (Å²) in [5.41, 5.74) is 1.84. The highest BCUT2D eigenvalue weighted by Gasteiger charge is 2.30. The summed E-state index contributed by atoms with van der Waals surface area (Å²) in [7, 11) is 0. The third-order valence-electron chi connectivity index (χ3n) is 5.10. The van der Waals surface area contributed by atoms with Crippen LogP contribution in [-0.4, -0.2) is 34.0 Å². The Balaban J connectivity index is 2.09.